The summed E-state index contributed by atoms with van der Waals surface area (Å²) in [5.74, 6) is 0. The molecule has 16 heavy (non-hydrogen) atoms. The first-order chi connectivity index (χ1) is 7.70. The maximum Gasteiger partial charge on any atom is 0.147 e. The van der Waals surface area contributed by atoms with Crippen LogP contribution in [0.15, 0.2) is 24.3 Å². The van der Waals surface area contributed by atoms with Crippen LogP contribution < -0.4 is 0 Å². The van der Waals surface area contributed by atoms with Crippen molar-refractivity contribution in [1.29, 1.82) is 0 Å². The Kier molecular flexibility index (Phi) is 3.71. The minimum absolute atomic E-state index is 0.323. The topological polar surface area (TPSA) is 25.8 Å². The standard InChI is InChI=1S/C12H13BrN2S/c1-3-10(13)12-15-14-11(16-12)9-6-4-8(2)5-7-9/h4-7,10H,3H2,1-2H3. The van der Waals surface area contributed by atoms with Crippen molar-refractivity contribution in [2.24, 2.45) is 0 Å². The second kappa shape index (κ2) is 5.06. The summed E-state index contributed by atoms with van der Waals surface area (Å²) in [7, 11) is 0. The van der Waals surface area contributed by atoms with Crippen molar-refractivity contribution < 1.29 is 0 Å². The fourth-order valence-electron chi connectivity index (χ4n) is 1.35. The average Bonchev–Trinajstić information content (AvgIpc) is 2.78. The summed E-state index contributed by atoms with van der Waals surface area (Å²) >= 11 is 5.25. The lowest BCUT2D eigenvalue weighted by Gasteiger charge is -1.98. The molecule has 0 aliphatic carbocycles. The highest BCUT2D eigenvalue weighted by atomic mass is 79.9. The third-order valence-electron chi connectivity index (χ3n) is 2.37. The molecule has 1 heterocycles. The van der Waals surface area contributed by atoms with Crippen molar-refractivity contribution in [3.05, 3.63) is 34.8 Å². The predicted molar refractivity (Wildman–Crippen MR) is 72.0 cm³/mol. The molecule has 2 aromatic rings. The van der Waals surface area contributed by atoms with Crippen LogP contribution in [0, 0.1) is 6.92 Å². The van der Waals surface area contributed by atoms with Gasteiger partial charge >= 0.3 is 0 Å². The van der Waals surface area contributed by atoms with E-state index in [1.165, 1.54) is 5.56 Å². The van der Waals surface area contributed by atoms with E-state index in [1.54, 1.807) is 11.3 Å². The van der Waals surface area contributed by atoms with Crippen LogP contribution in [-0.4, -0.2) is 10.2 Å². The summed E-state index contributed by atoms with van der Waals surface area (Å²) in [6.07, 6.45) is 1.03. The normalized spacial score (nSPS) is 12.7. The van der Waals surface area contributed by atoms with Gasteiger partial charge in [-0.2, -0.15) is 0 Å². The SMILES string of the molecule is CCC(Br)c1nnc(-c2ccc(C)cc2)s1. The van der Waals surface area contributed by atoms with E-state index >= 15 is 0 Å². The molecule has 0 aliphatic heterocycles. The molecule has 0 radical (unpaired) electrons. The number of alkyl halides is 1. The first-order valence-corrected chi connectivity index (χ1v) is 6.98. The fraction of sp³-hybridized carbons (Fsp3) is 0.333. The summed E-state index contributed by atoms with van der Waals surface area (Å²) < 4.78 is 0. The second-order valence-corrected chi connectivity index (χ2v) is 5.80. The molecule has 1 aromatic carbocycles. The molecule has 1 aromatic heterocycles. The number of hydrogen-bond donors (Lipinski definition) is 0. The van der Waals surface area contributed by atoms with Gasteiger partial charge in [0, 0.05) is 5.56 Å². The van der Waals surface area contributed by atoms with Crippen LogP contribution >= 0.6 is 27.3 Å². The molecule has 2 rings (SSSR count). The van der Waals surface area contributed by atoms with E-state index in [9.17, 15) is 0 Å². The minimum Gasteiger partial charge on any atom is -0.142 e. The van der Waals surface area contributed by atoms with Crippen molar-refractivity contribution in [2.45, 2.75) is 25.1 Å². The molecule has 1 atom stereocenters. The molecular weight excluding hydrogens is 284 g/mol. The van der Waals surface area contributed by atoms with Crippen molar-refractivity contribution in [3.63, 3.8) is 0 Å². The number of aryl methyl sites for hydroxylation is 1. The Morgan fingerprint density at radius 3 is 2.56 bits per heavy atom. The van der Waals surface area contributed by atoms with E-state index in [0.717, 1.165) is 22.0 Å². The Bertz CT molecular complexity index is 464. The van der Waals surface area contributed by atoms with E-state index < -0.39 is 0 Å². The number of nitrogens with zero attached hydrogens (tertiary/aromatic N) is 2. The zero-order valence-corrected chi connectivity index (χ0v) is 11.7. The molecule has 0 amide bonds. The van der Waals surface area contributed by atoms with Crippen molar-refractivity contribution in [2.75, 3.05) is 0 Å². The van der Waals surface area contributed by atoms with Gasteiger partial charge in [0.05, 0.1) is 4.83 Å². The van der Waals surface area contributed by atoms with E-state index in [-0.39, 0.29) is 0 Å². The lowest BCUT2D eigenvalue weighted by molar-refractivity contribution is 0.870. The average molecular weight is 297 g/mol. The molecule has 0 N–H and O–H groups in total. The Morgan fingerprint density at radius 2 is 1.94 bits per heavy atom. The van der Waals surface area contributed by atoms with Crippen LogP contribution in [-0.2, 0) is 0 Å². The van der Waals surface area contributed by atoms with E-state index in [1.807, 2.05) is 0 Å². The Balaban J connectivity index is 2.28. The first kappa shape index (κ1) is 11.7. The van der Waals surface area contributed by atoms with Gasteiger partial charge < -0.3 is 0 Å². The Labute approximate surface area is 108 Å². The fourth-order valence-corrected chi connectivity index (χ4v) is 2.63. The van der Waals surface area contributed by atoms with Crippen LogP contribution in [0.2, 0.25) is 0 Å². The lowest BCUT2D eigenvalue weighted by Crippen LogP contribution is -1.84. The number of halogens is 1. The quantitative estimate of drug-likeness (QED) is 0.787. The minimum atomic E-state index is 0.323. The molecule has 84 valence electrons. The molecule has 0 aliphatic rings. The van der Waals surface area contributed by atoms with E-state index in [2.05, 4.69) is 64.2 Å². The summed E-state index contributed by atoms with van der Waals surface area (Å²) in [5.41, 5.74) is 2.41. The van der Waals surface area contributed by atoms with Gasteiger partial charge in [-0.15, -0.1) is 10.2 Å². The maximum atomic E-state index is 4.22. The second-order valence-electron chi connectivity index (χ2n) is 3.69. The summed E-state index contributed by atoms with van der Waals surface area (Å²) in [6, 6.07) is 8.38. The summed E-state index contributed by atoms with van der Waals surface area (Å²) in [4.78, 5) is 0.323. The van der Waals surface area contributed by atoms with Gasteiger partial charge in [-0.25, -0.2) is 0 Å². The van der Waals surface area contributed by atoms with Crippen LogP contribution in [0.25, 0.3) is 10.6 Å². The first-order valence-electron chi connectivity index (χ1n) is 5.25. The number of hydrogen-bond acceptors (Lipinski definition) is 3. The van der Waals surface area contributed by atoms with E-state index in [4.69, 9.17) is 0 Å². The highest BCUT2D eigenvalue weighted by Gasteiger charge is 2.12. The smallest absolute Gasteiger partial charge is 0.142 e. The van der Waals surface area contributed by atoms with Gasteiger partial charge in [0.1, 0.15) is 10.0 Å². The lowest BCUT2D eigenvalue weighted by atomic mass is 10.2. The molecule has 0 saturated heterocycles. The van der Waals surface area contributed by atoms with Crippen molar-refractivity contribution >= 4 is 27.3 Å². The number of benzene rings is 1. The van der Waals surface area contributed by atoms with Crippen molar-refractivity contribution in [1.82, 2.24) is 10.2 Å². The van der Waals surface area contributed by atoms with Gasteiger partial charge in [-0.05, 0) is 13.3 Å². The molecule has 0 fully saturated rings. The Hall–Kier alpha value is -0.740. The molecule has 2 nitrogen and oxygen atoms in total. The molecule has 4 heteroatoms. The van der Waals surface area contributed by atoms with Gasteiger partial charge in [0.25, 0.3) is 0 Å². The highest BCUT2D eigenvalue weighted by molar-refractivity contribution is 9.09. The number of aromatic nitrogens is 2. The molecule has 0 spiro atoms. The molecule has 1 unspecified atom stereocenters. The van der Waals surface area contributed by atoms with Gasteiger partial charge in [-0.1, -0.05) is 64.0 Å². The Morgan fingerprint density at radius 1 is 1.25 bits per heavy atom. The van der Waals surface area contributed by atoms with Crippen LogP contribution in [0.4, 0.5) is 0 Å². The monoisotopic (exact) mass is 296 g/mol. The summed E-state index contributed by atoms with van der Waals surface area (Å²) in [5, 5.41) is 10.5. The predicted octanol–water partition coefficient (Wildman–Crippen LogP) is 4.36. The van der Waals surface area contributed by atoms with Crippen LogP contribution in [0.1, 0.15) is 28.7 Å². The van der Waals surface area contributed by atoms with Gasteiger partial charge in [0.2, 0.25) is 0 Å². The largest absolute Gasteiger partial charge is 0.147 e. The van der Waals surface area contributed by atoms with Crippen LogP contribution in [0.3, 0.4) is 0 Å². The molecule has 0 bridgehead atoms. The van der Waals surface area contributed by atoms with Gasteiger partial charge in [0.15, 0.2) is 0 Å². The van der Waals surface area contributed by atoms with Crippen LogP contribution in [0.5, 0.6) is 0 Å². The third-order valence-corrected chi connectivity index (χ3v) is 4.84. The van der Waals surface area contributed by atoms with E-state index in [0.29, 0.717) is 4.83 Å². The van der Waals surface area contributed by atoms with Crippen molar-refractivity contribution in [3.8, 4) is 10.6 Å². The highest BCUT2D eigenvalue weighted by Crippen LogP contribution is 2.32. The zero-order valence-electron chi connectivity index (χ0n) is 9.27. The number of rotatable bonds is 3. The maximum absolute atomic E-state index is 4.22. The van der Waals surface area contributed by atoms with Gasteiger partial charge in [-0.3, -0.25) is 0 Å². The third kappa shape index (κ3) is 2.50. The molecule has 0 saturated carbocycles. The summed E-state index contributed by atoms with van der Waals surface area (Å²) in [6.45, 7) is 4.22. The molecular formula is C12H13BrN2S. The zero-order chi connectivity index (χ0) is 11.5.